The zero-order chi connectivity index (χ0) is 13.0. The molecule has 0 heterocycles. The largest absolute Gasteiger partial charge is 0.508 e. The third-order valence-electron chi connectivity index (χ3n) is 2.60. The van der Waals surface area contributed by atoms with Crippen molar-refractivity contribution in [1.29, 1.82) is 0 Å². The number of rotatable bonds is 4. The second kappa shape index (κ2) is 6.10. The van der Waals surface area contributed by atoms with Crippen LogP contribution in [-0.2, 0) is 13.1 Å². The van der Waals surface area contributed by atoms with Gasteiger partial charge in [-0.15, -0.1) is 0 Å². The van der Waals surface area contributed by atoms with E-state index in [1.165, 1.54) is 0 Å². The van der Waals surface area contributed by atoms with E-state index in [4.69, 9.17) is 23.2 Å². The minimum Gasteiger partial charge on any atom is -0.508 e. The predicted molar refractivity (Wildman–Crippen MR) is 75.1 cm³/mol. The monoisotopic (exact) mass is 281 g/mol. The molecule has 0 spiro atoms. The van der Waals surface area contributed by atoms with E-state index in [9.17, 15) is 5.11 Å². The highest BCUT2D eigenvalue weighted by Crippen LogP contribution is 2.20. The predicted octanol–water partition coefficient (Wildman–Crippen LogP) is 3.99. The van der Waals surface area contributed by atoms with Crippen LogP contribution >= 0.6 is 23.2 Å². The van der Waals surface area contributed by atoms with Crippen molar-refractivity contribution >= 4 is 23.2 Å². The fraction of sp³-hybridized carbons (Fsp3) is 0.143. The Bertz CT molecular complexity index is 526. The van der Waals surface area contributed by atoms with Crippen molar-refractivity contribution < 1.29 is 5.11 Å². The summed E-state index contributed by atoms with van der Waals surface area (Å²) in [5.74, 6) is 0.277. The van der Waals surface area contributed by atoms with Crippen LogP contribution in [-0.4, -0.2) is 5.11 Å². The zero-order valence-electron chi connectivity index (χ0n) is 9.66. The molecule has 0 amide bonds. The van der Waals surface area contributed by atoms with Crippen molar-refractivity contribution in [3.8, 4) is 5.75 Å². The quantitative estimate of drug-likeness (QED) is 0.888. The van der Waals surface area contributed by atoms with Crippen LogP contribution in [0.3, 0.4) is 0 Å². The summed E-state index contributed by atoms with van der Waals surface area (Å²) in [5.41, 5.74) is 2.12. The summed E-state index contributed by atoms with van der Waals surface area (Å²) in [5, 5.41) is 13.8. The average Bonchev–Trinajstić information content (AvgIpc) is 2.34. The first-order chi connectivity index (χ1) is 8.65. The maximum Gasteiger partial charge on any atom is 0.115 e. The van der Waals surface area contributed by atoms with Crippen molar-refractivity contribution in [2.45, 2.75) is 13.1 Å². The molecule has 0 aliphatic rings. The molecule has 0 saturated heterocycles. The molecule has 0 saturated carbocycles. The van der Waals surface area contributed by atoms with E-state index in [1.54, 1.807) is 18.2 Å². The lowest BCUT2D eigenvalue weighted by Crippen LogP contribution is -2.12. The van der Waals surface area contributed by atoms with Gasteiger partial charge in [-0.3, -0.25) is 0 Å². The second-order valence-electron chi connectivity index (χ2n) is 4.01. The summed E-state index contributed by atoms with van der Waals surface area (Å²) < 4.78 is 0. The number of benzene rings is 2. The van der Waals surface area contributed by atoms with Gasteiger partial charge in [0.2, 0.25) is 0 Å². The Kier molecular flexibility index (Phi) is 4.48. The zero-order valence-corrected chi connectivity index (χ0v) is 11.2. The third kappa shape index (κ3) is 3.64. The van der Waals surface area contributed by atoms with E-state index < -0.39 is 0 Å². The number of phenols is 1. The molecule has 0 fully saturated rings. The molecule has 4 heteroatoms. The standard InChI is InChI=1S/C14H13Cl2NO/c15-12-4-3-11(14(16)7-12)9-17-8-10-1-5-13(18)6-2-10/h1-7,17-18H,8-9H2. The molecule has 0 aliphatic heterocycles. The Morgan fingerprint density at radius 1 is 0.944 bits per heavy atom. The summed E-state index contributed by atoms with van der Waals surface area (Å²) in [7, 11) is 0. The molecule has 2 N–H and O–H groups in total. The molecular weight excluding hydrogens is 269 g/mol. The van der Waals surface area contributed by atoms with Crippen molar-refractivity contribution in [3.05, 3.63) is 63.6 Å². The first-order valence-corrected chi connectivity index (χ1v) is 6.33. The number of hydrogen-bond donors (Lipinski definition) is 2. The minimum atomic E-state index is 0.277. The minimum absolute atomic E-state index is 0.277. The summed E-state index contributed by atoms with van der Waals surface area (Å²) in [6.45, 7) is 1.40. The highest BCUT2D eigenvalue weighted by Gasteiger charge is 2.01. The van der Waals surface area contributed by atoms with Crippen LogP contribution in [0.1, 0.15) is 11.1 Å². The summed E-state index contributed by atoms with van der Waals surface area (Å²) in [4.78, 5) is 0. The van der Waals surface area contributed by atoms with Gasteiger partial charge < -0.3 is 10.4 Å². The number of nitrogens with one attached hydrogen (secondary N) is 1. The Morgan fingerprint density at radius 3 is 2.33 bits per heavy atom. The van der Waals surface area contributed by atoms with Crippen LogP contribution < -0.4 is 5.32 Å². The smallest absolute Gasteiger partial charge is 0.115 e. The first kappa shape index (κ1) is 13.2. The molecule has 94 valence electrons. The molecule has 18 heavy (non-hydrogen) atoms. The van der Waals surface area contributed by atoms with E-state index in [1.807, 2.05) is 24.3 Å². The molecule has 0 atom stereocenters. The molecule has 0 aliphatic carbocycles. The number of aromatic hydroxyl groups is 1. The molecule has 2 aromatic carbocycles. The van der Waals surface area contributed by atoms with Crippen LogP contribution in [0.15, 0.2) is 42.5 Å². The second-order valence-corrected chi connectivity index (χ2v) is 4.85. The summed E-state index contributed by atoms with van der Waals surface area (Å²) >= 11 is 11.9. The van der Waals surface area contributed by atoms with Gasteiger partial charge in [-0.05, 0) is 35.4 Å². The van der Waals surface area contributed by atoms with Crippen LogP contribution in [0.25, 0.3) is 0 Å². The highest BCUT2D eigenvalue weighted by molar-refractivity contribution is 6.35. The Morgan fingerprint density at radius 2 is 1.67 bits per heavy atom. The highest BCUT2D eigenvalue weighted by atomic mass is 35.5. The third-order valence-corrected chi connectivity index (χ3v) is 3.18. The van der Waals surface area contributed by atoms with Gasteiger partial charge in [-0.1, -0.05) is 41.4 Å². The fourth-order valence-electron chi connectivity index (χ4n) is 1.62. The van der Waals surface area contributed by atoms with E-state index in [0.29, 0.717) is 16.6 Å². The molecule has 0 aromatic heterocycles. The molecule has 2 rings (SSSR count). The van der Waals surface area contributed by atoms with Gasteiger partial charge in [0.25, 0.3) is 0 Å². The SMILES string of the molecule is Oc1ccc(CNCc2ccc(Cl)cc2Cl)cc1. The van der Waals surface area contributed by atoms with Crippen LogP contribution in [0, 0.1) is 0 Å². The lowest BCUT2D eigenvalue weighted by Gasteiger charge is -2.07. The number of hydrogen-bond acceptors (Lipinski definition) is 2. The van der Waals surface area contributed by atoms with Crippen LogP contribution in [0.2, 0.25) is 10.0 Å². The Balaban J connectivity index is 1.90. The van der Waals surface area contributed by atoms with Crippen LogP contribution in [0.5, 0.6) is 5.75 Å². The topological polar surface area (TPSA) is 32.3 Å². The van der Waals surface area contributed by atoms with E-state index in [2.05, 4.69) is 5.32 Å². The van der Waals surface area contributed by atoms with Gasteiger partial charge in [0, 0.05) is 23.1 Å². The van der Waals surface area contributed by atoms with Crippen molar-refractivity contribution in [2.75, 3.05) is 0 Å². The Hall–Kier alpha value is -1.22. The number of halogens is 2. The van der Waals surface area contributed by atoms with Gasteiger partial charge in [0.05, 0.1) is 0 Å². The molecule has 2 aromatic rings. The Labute approximate surface area is 116 Å². The molecule has 0 radical (unpaired) electrons. The maximum atomic E-state index is 9.17. The van der Waals surface area contributed by atoms with Crippen molar-refractivity contribution in [1.82, 2.24) is 5.32 Å². The van der Waals surface area contributed by atoms with Crippen LogP contribution in [0.4, 0.5) is 0 Å². The lowest BCUT2D eigenvalue weighted by atomic mass is 10.2. The summed E-state index contributed by atoms with van der Waals surface area (Å²) in [6.07, 6.45) is 0. The van der Waals surface area contributed by atoms with E-state index in [-0.39, 0.29) is 5.75 Å². The summed E-state index contributed by atoms with van der Waals surface area (Å²) in [6, 6.07) is 12.6. The van der Waals surface area contributed by atoms with Gasteiger partial charge in [-0.25, -0.2) is 0 Å². The normalized spacial score (nSPS) is 10.6. The molecule has 2 nitrogen and oxygen atoms in total. The first-order valence-electron chi connectivity index (χ1n) is 5.58. The van der Waals surface area contributed by atoms with Gasteiger partial charge in [-0.2, -0.15) is 0 Å². The van der Waals surface area contributed by atoms with Crippen molar-refractivity contribution in [2.24, 2.45) is 0 Å². The van der Waals surface area contributed by atoms with Gasteiger partial charge in [0.15, 0.2) is 0 Å². The molecule has 0 bridgehead atoms. The molecular formula is C14H13Cl2NO. The average molecular weight is 282 g/mol. The maximum absolute atomic E-state index is 9.17. The fourth-order valence-corrected chi connectivity index (χ4v) is 2.10. The van der Waals surface area contributed by atoms with E-state index in [0.717, 1.165) is 17.7 Å². The van der Waals surface area contributed by atoms with E-state index >= 15 is 0 Å². The van der Waals surface area contributed by atoms with Gasteiger partial charge in [0.1, 0.15) is 5.75 Å². The number of phenolic OH excluding ortho intramolecular Hbond substituents is 1. The van der Waals surface area contributed by atoms with Crippen molar-refractivity contribution in [3.63, 3.8) is 0 Å². The lowest BCUT2D eigenvalue weighted by molar-refractivity contribution is 0.475. The van der Waals surface area contributed by atoms with Gasteiger partial charge >= 0.3 is 0 Å². The molecule has 0 unspecified atom stereocenters.